The van der Waals surface area contributed by atoms with E-state index in [0.29, 0.717) is 0 Å². The fourth-order valence-electron chi connectivity index (χ4n) is 5.32. The van der Waals surface area contributed by atoms with Crippen LogP contribution >= 0.6 is 0 Å². The molecule has 3 atom stereocenters. The number of aryl methyl sites for hydroxylation is 1. The SMILES string of the molecule is Cc1[nH]nc2c1CC[C@H]2NC(=O)c1cn(Cc2ccc(N3CC4C(C3)C4(F)F)nc2C(F)F)cn1. The molecule has 8 nitrogen and oxygen atoms in total. The van der Waals surface area contributed by atoms with E-state index in [9.17, 15) is 22.4 Å². The van der Waals surface area contributed by atoms with E-state index in [2.05, 4.69) is 25.5 Å². The largest absolute Gasteiger partial charge is 0.356 e. The number of aromatic nitrogens is 5. The Kier molecular flexibility index (Phi) is 4.91. The number of piperidine rings is 1. The van der Waals surface area contributed by atoms with Gasteiger partial charge < -0.3 is 14.8 Å². The molecule has 3 aromatic rings. The molecule has 4 heterocycles. The molecule has 0 radical (unpaired) electrons. The third kappa shape index (κ3) is 3.66. The summed E-state index contributed by atoms with van der Waals surface area (Å²) in [5.74, 6) is -4.17. The monoisotopic (exact) mass is 489 g/mol. The Morgan fingerprint density at radius 1 is 1.29 bits per heavy atom. The molecule has 0 bridgehead atoms. The van der Waals surface area contributed by atoms with E-state index >= 15 is 0 Å². The molecule has 6 rings (SSSR count). The molecule has 12 heteroatoms. The van der Waals surface area contributed by atoms with Crippen molar-refractivity contribution in [2.24, 2.45) is 11.8 Å². The average Bonchev–Trinajstić information content (AvgIpc) is 3.46. The first kappa shape index (κ1) is 22.1. The van der Waals surface area contributed by atoms with Crippen LogP contribution in [-0.2, 0) is 13.0 Å². The number of hydrogen-bond acceptors (Lipinski definition) is 5. The lowest BCUT2D eigenvalue weighted by molar-refractivity contribution is 0.0796. The lowest BCUT2D eigenvalue weighted by Gasteiger charge is -2.22. The molecule has 1 amide bonds. The summed E-state index contributed by atoms with van der Waals surface area (Å²) in [6, 6.07) is 2.91. The summed E-state index contributed by atoms with van der Waals surface area (Å²) < 4.78 is 56.1. The Morgan fingerprint density at radius 2 is 2.06 bits per heavy atom. The fourth-order valence-corrected chi connectivity index (χ4v) is 5.32. The van der Waals surface area contributed by atoms with Gasteiger partial charge >= 0.3 is 0 Å². The number of anilines is 1. The zero-order chi connectivity index (χ0) is 24.5. The van der Waals surface area contributed by atoms with Crippen LogP contribution in [0.25, 0.3) is 0 Å². The van der Waals surface area contributed by atoms with E-state index < -0.39 is 29.9 Å². The van der Waals surface area contributed by atoms with Gasteiger partial charge in [-0.3, -0.25) is 9.89 Å². The summed E-state index contributed by atoms with van der Waals surface area (Å²) >= 11 is 0. The smallest absolute Gasteiger partial charge is 0.280 e. The first-order valence-electron chi connectivity index (χ1n) is 11.5. The van der Waals surface area contributed by atoms with E-state index in [-0.39, 0.29) is 48.7 Å². The number of amides is 1. The Bertz CT molecular complexity index is 1290. The molecule has 3 aromatic heterocycles. The Hall–Kier alpha value is -3.44. The lowest BCUT2D eigenvalue weighted by Crippen LogP contribution is -2.28. The average molecular weight is 489 g/mol. The van der Waals surface area contributed by atoms with Crippen molar-refractivity contribution in [2.45, 2.75) is 44.7 Å². The molecule has 184 valence electrons. The van der Waals surface area contributed by atoms with Gasteiger partial charge in [0, 0.05) is 25.0 Å². The molecular weight excluding hydrogens is 466 g/mol. The number of nitrogens with zero attached hydrogens (tertiary/aromatic N) is 5. The highest BCUT2D eigenvalue weighted by atomic mass is 19.3. The predicted molar refractivity (Wildman–Crippen MR) is 117 cm³/mol. The highest BCUT2D eigenvalue weighted by Gasteiger charge is 2.71. The number of nitrogens with one attached hydrogen (secondary N) is 2. The second kappa shape index (κ2) is 7.79. The van der Waals surface area contributed by atoms with Gasteiger partial charge in [-0.05, 0) is 37.0 Å². The van der Waals surface area contributed by atoms with E-state index in [1.807, 2.05) is 6.92 Å². The van der Waals surface area contributed by atoms with E-state index in [1.54, 1.807) is 15.5 Å². The van der Waals surface area contributed by atoms with Crippen LogP contribution in [0.4, 0.5) is 23.4 Å². The van der Waals surface area contributed by atoms with Gasteiger partial charge in [0.25, 0.3) is 18.3 Å². The minimum absolute atomic E-state index is 0.0443. The molecule has 1 saturated heterocycles. The molecule has 2 unspecified atom stereocenters. The van der Waals surface area contributed by atoms with Crippen LogP contribution in [0.2, 0.25) is 0 Å². The van der Waals surface area contributed by atoms with Crippen molar-refractivity contribution in [3.63, 3.8) is 0 Å². The van der Waals surface area contributed by atoms with E-state index in [1.165, 1.54) is 18.6 Å². The number of aromatic amines is 1. The number of carbonyl (C=O) groups is 1. The number of fused-ring (bicyclic) bond motifs is 2. The van der Waals surface area contributed by atoms with Crippen LogP contribution in [0.1, 0.15) is 57.6 Å². The van der Waals surface area contributed by atoms with Gasteiger partial charge in [-0.15, -0.1) is 0 Å². The molecule has 2 aliphatic carbocycles. The van der Waals surface area contributed by atoms with Gasteiger partial charge in [0.1, 0.15) is 17.2 Å². The van der Waals surface area contributed by atoms with Gasteiger partial charge in [-0.2, -0.15) is 5.10 Å². The highest BCUT2D eigenvalue weighted by molar-refractivity contribution is 5.92. The summed E-state index contributed by atoms with van der Waals surface area (Å²) in [5, 5.41) is 10.1. The molecule has 1 aliphatic heterocycles. The Labute approximate surface area is 197 Å². The maximum absolute atomic E-state index is 13.8. The van der Waals surface area contributed by atoms with Crippen molar-refractivity contribution in [1.82, 2.24) is 30.0 Å². The minimum Gasteiger partial charge on any atom is -0.356 e. The quantitative estimate of drug-likeness (QED) is 0.518. The minimum atomic E-state index is -2.83. The zero-order valence-corrected chi connectivity index (χ0v) is 18.8. The van der Waals surface area contributed by atoms with Crippen LogP contribution < -0.4 is 10.2 Å². The number of H-pyrrole nitrogens is 1. The number of imidazole rings is 1. The van der Waals surface area contributed by atoms with Crippen molar-refractivity contribution in [1.29, 1.82) is 0 Å². The van der Waals surface area contributed by atoms with Gasteiger partial charge in [0.05, 0.1) is 36.4 Å². The molecule has 0 aromatic carbocycles. The standard InChI is InChI=1S/C23H23F4N7O/c1-11-13-3-4-16(20(13)32-31-11)29-22(35)17-9-33(10-28-17)6-12-2-5-18(30-19(12)21(24)25)34-7-14-15(8-34)23(14,26)27/h2,5,9-10,14-16,21H,3-4,6-8H2,1H3,(H,29,35)(H,31,32)/t14?,15?,16-/m1/s1. The van der Waals surface area contributed by atoms with Crippen molar-refractivity contribution >= 4 is 11.7 Å². The molecule has 35 heavy (non-hydrogen) atoms. The molecule has 2 fully saturated rings. The topological polar surface area (TPSA) is 91.7 Å². The maximum atomic E-state index is 13.8. The number of hydrogen-bond donors (Lipinski definition) is 2. The van der Waals surface area contributed by atoms with Gasteiger partial charge in [0.2, 0.25) is 0 Å². The normalized spacial score (nSPS) is 24.1. The first-order chi connectivity index (χ1) is 16.7. The summed E-state index contributed by atoms with van der Waals surface area (Å²) in [6.07, 6.45) is 1.67. The van der Waals surface area contributed by atoms with Gasteiger partial charge in [0.15, 0.2) is 0 Å². The summed E-state index contributed by atoms with van der Waals surface area (Å²) in [5.41, 5.74) is 3.00. The number of halogens is 4. The second-order valence-corrected chi connectivity index (χ2v) is 9.52. The van der Waals surface area contributed by atoms with E-state index in [0.717, 1.165) is 29.8 Å². The van der Waals surface area contributed by atoms with Gasteiger partial charge in [-0.25, -0.2) is 27.5 Å². The number of pyridine rings is 1. The summed E-state index contributed by atoms with van der Waals surface area (Å²) in [7, 11) is 0. The van der Waals surface area contributed by atoms with Crippen LogP contribution in [0.3, 0.4) is 0 Å². The van der Waals surface area contributed by atoms with Crippen molar-refractivity contribution in [2.75, 3.05) is 18.0 Å². The second-order valence-electron chi connectivity index (χ2n) is 9.52. The third-order valence-corrected chi connectivity index (χ3v) is 7.37. The lowest BCUT2D eigenvalue weighted by atomic mass is 10.2. The zero-order valence-electron chi connectivity index (χ0n) is 18.8. The first-order valence-corrected chi connectivity index (χ1v) is 11.5. The number of rotatable bonds is 6. The Morgan fingerprint density at radius 3 is 2.80 bits per heavy atom. The fraction of sp³-hybridized carbons (Fsp3) is 0.478. The van der Waals surface area contributed by atoms with Crippen molar-refractivity contribution in [3.8, 4) is 0 Å². The summed E-state index contributed by atoms with van der Waals surface area (Å²) in [4.78, 5) is 22.6. The molecule has 1 saturated carbocycles. The Balaban J connectivity index is 1.14. The summed E-state index contributed by atoms with van der Waals surface area (Å²) in [6.45, 7) is 2.22. The van der Waals surface area contributed by atoms with Gasteiger partial charge in [-0.1, -0.05) is 6.07 Å². The van der Waals surface area contributed by atoms with Crippen molar-refractivity contribution < 1.29 is 22.4 Å². The van der Waals surface area contributed by atoms with E-state index in [4.69, 9.17) is 0 Å². The van der Waals surface area contributed by atoms with Crippen LogP contribution in [0.15, 0.2) is 24.7 Å². The molecule has 2 N–H and O–H groups in total. The van der Waals surface area contributed by atoms with Crippen LogP contribution in [-0.4, -0.2) is 49.7 Å². The predicted octanol–water partition coefficient (Wildman–Crippen LogP) is 3.41. The van der Waals surface area contributed by atoms with Crippen LogP contribution in [0.5, 0.6) is 0 Å². The highest BCUT2D eigenvalue weighted by Crippen LogP contribution is 2.59. The van der Waals surface area contributed by atoms with Crippen LogP contribution in [0, 0.1) is 18.8 Å². The number of carbonyl (C=O) groups excluding carboxylic acids is 1. The number of alkyl halides is 4. The molecule has 0 spiro atoms. The van der Waals surface area contributed by atoms with Crippen molar-refractivity contribution in [3.05, 3.63) is 58.6 Å². The third-order valence-electron chi connectivity index (χ3n) is 7.37. The maximum Gasteiger partial charge on any atom is 0.280 e. The molecular formula is C23H23F4N7O. The molecule has 3 aliphatic rings.